The molecule has 0 fully saturated rings. The molecule has 4 rings (SSSR count). The van der Waals surface area contributed by atoms with Crippen molar-refractivity contribution >= 4 is 34.1 Å². The second kappa shape index (κ2) is 11.5. The van der Waals surface area contributed by atoms with Crippen molar-refractivity contribution < 1.29 is 5.11 Å². The van der Waals surface area contributed by atoms with Crippen LogP contribution in [0.4, 0.5) is 0 Å². The van der Waals surface area contributed by atoms with Crippen molar-refractivity contribution in [3.8, 4) is 5.88 Å². The molecule has 38 heavy (non-hydrogen) atoms. The van der Waals surface area contributed by atoms with Crippen LogP contribution in [0.2, 0.25) is 0 Å². The Bertz CT molecular complexity index is 1660. The quantitative estimate of drug-likeness (QED) is 0.306. The molecule has 202 valence electrons. The Morgan fingerprint density at radius 3 is 2.21 bits per heavy atom. The van der Waals surface area contributed by atoms with Crippen molar-refractivity contribution in [3.63, 3.8) is 0 Å². The molecule has 4 aromatic rings. The highest BCUT2D eigenvalue weighted by Gasteiger charge is 2.27. The van der Waals surface area contributed by atoms with E-state index in [9.17, 15) is 19.5 Å². The number of imidazole rings is 1. The van der Waals surface area contributed by atoms with Crippen LogP contribution in [0.5, 0.6) is 5.88 Å². The van der Waals surface area contributed by atoms with Gasteiger partial charge in [-0.15, -0.1) is 0 Å². The van der Waals surface area contributed by atoms with E-state index in [1.807, 2.05) is 58.0 Å². The minimum atomic E-state index is -0.562. The van der Waals surface area contributed by atoms with Gasteiger partial charge in [0.1, 0.15) is 4.99 Å². The molecule has 0 saturated carbocycles. The highest BCUT2D eigenvalue weighted by Crippen LogP contribution is 2.24. The Kier molecular flexibility index (Phi) is 8.30. The Morgan fingerprint density at radius 2 is 1.61 bits per heavy atom. The highest BCUT2D eigenvalue weighted by molar-refractivity contribution is 7.80. The van der Waals surface area contributed by atoms with Gasteiger partial charge in [0, 0.05) is 18.7 Å². The SMILES string of the molecule is CCCCn1c(=O)c2c(nc3n(C(=S)c4ccccc4)c(O)c(CCC(C)C)c(=O)n23)n(CCCC)c1=O. The zero-order chi connectivity index (χ0) is 27.6. The molecule has 0 aliphatic rings. The molecular formula is C28H35N5O4S. The molecule has 1 N–H and O–H groups in total. The molecule has 9 nitrogen and oxygen atoms in total. The second-order valence-electron chi connectivity index (χ2n) is 10.1. The minimum absolute atomic E-state index is 0.0136. The van der Waals surface area contributed by atoms with Crippen molar-refractivity contribution in [3.05, 3.63) is 72.7 Å². The first-order chi connectivity index (χ1) is 18.2. The Hall–Kier alpha value is -3.53. The Balaban J connectivity index is 2.18. The van der Waals surface area contributed by atoms with Gasteiger partial charge in [-0.1, -0.05) is 83.1 Å². The summed E-state index contributed by atoms with van der Waals surface area (Å²) in [4.78, 5) is 46.0. The zero-order valence-electron chi connectivity index (χ0n) is 22.4. The largest absolute Gasteiger partial charge is 0.494 e. The summed E-state index contributed by atoms with van der Waals surface area (Å²) < 4.78 is 5.28. The van der Waals surface area contributed by atoms with Crippen LogP contribution in [-0.2, 0) is 19.5 Å². The summed E-state index contributed by atoms with van der Waals surface area (Å²) in [5.41, 5.74) is -0.554. The van der Waals surface area contributed by atoms with Crippen LogP contribution in [0.15, 0.2) is 44.7 Å². The van der Waals surface area contributed by atoms with Crippen LogP contribution >= 0.6 is 12.2 Å². The van der Waals surface area contributed by atoms with E-state index in [0.29, 0.717) is 37.8 Å². The molecule has 0 aliphatic carbocycles. The van der Waals surface area contributed by atoms with Crippen LogP contribution in [0, 0.1) is 5.92 Å². The fourth-order valence-electron chi connectivity index (χ4n) is 4.61. The Labute approximate surface area is 226 Å². The molecule has 0 spiro atoms. The molecule has 0 unspecified atom stereocenters. The third-order valence-corrected chi connectivity index (χ3v) is 7.23. The van der Waals surface area contributed by atoms with Gasteiger partial charge in [0.25, 0.3) is 11.1 Å². The number of aromatic hydroxyl groups is 1. The van der Waals surface area contributed by atoms with E-state index in [0.717, 1.165) is 12.8 Å². The molecule has 1 aromatic carbocycles. The zero-order valence-corrected chi connectivity index (χ0v) is 23.3. The summed E-state index contributed by atoms with van der Waals surface area (Å²) in [5.74, 6) is 0.00441. The average molecular weight is 538 g/mol. The van der Waals surface area contributed by atoms with Gasteiger partial charge in [0.15, 0.2) is 11.2 Å². The first-order valence-corrected chi connectivity index (χ1v) is 13.8. The van der Waals surface area contributed by atoms with E-state index in [4.69, 9.17) is 12.2 Å². The molecule has 0 bridgehead atoms. The van der Waals surface area contributed by atoms with Crippen LogP contribution in [0.3, 0.4) is 0 Å². The van der Waals surface area contributed by atoms with Crippen molar-refractivity contribution in [2.24, 2.45) is 5.92 Å². The molecule has 0 saturated heterocycles. The van der Waals surface area contributed by atoms with Gasteiger partial charge in [-0.25, -0.2) is 13.8 Å². The number of fused-ring (bicyclic) bond motifs is 3. The molecular weight excluding hydrogens is 502 g/mol. The van der Waals surface area contributed by atoms with E-state index in [1.165, 1.54) is 18.1 Å². The maximum Gasteiger partial charge on any atom is 0.332 e. The lowest BCUT2D eigenvalue weighted by Crippen LogP contribution is -2.41. The monoisotopic (exact) mass is 537 g/mol. The number of benzene rings is 1. The van der Waals surface area contributed by atoms with Crippen LogP contribution in [0.1, 0.15) is 70.9 Å². The fraction of sp³-hybridized carbons (Fsp3) is 0.464. The fourth-order valence-corrected chi connectivity index (χ4v) is 4.91. The molecule has 3 heterocycles. The highest BCUT2D eigenvalue weighted by atomic mass is 32.1. The van der Waals surface area contributed by atoms with E-state index in [2.05, 4.69) is 4.98 Å². The molecule has 3 aromatic heterocycles. The number of aryl methyl sites for hydroxylation is 1. The van der Waals surface area contributed by atoms with E-state index in [1.54, 1.807) is 0 Å². The van der Waals surface area contributed by atoms with Crippen LogP contribution in [-0.4, -0.2) is 33.2 Å². The number of rotatable bonds is 10. The smallest absolute Gasteiger partial charge is 0.332 e. The van der Waals surface area contributed by atoms with Gasteiger partial charge in [0.2, 0.25) is 11.7 Å². The summed E-state index contributed by atoms with van der Waals surface area (Å²) in [7, 11) is 0. The first-order valence-electron chi connectivity index (χ1n) is 13.3. The van der Waals surface area contributed by atoms with E-state index < -0.39 is 16.8 Å². The number of unbranched alkanes of at least 4 members (excludes halogenated alkanes) is 2. The molecule has 0 aliphatic heterocycles. The molecule has 0 atom stereocenters. The summed E-state index contributed by atoms with van der Waals surface area (Å²) in [6, 6.07) is 9.13. The van der Waals surface area contributed by atoms with Crippen molar-refractivity contribution in [1.29, 1.82) is 0 Å². The number of aromatic nitrogens is 5. The van der Waals surface area contributed by atoms with Crippen LogP contribution in [0.25, 0.3) is 16.9 Å². The second-order valence-corrected chi connectivity index (χ2v) is 10.5. The van der Waals surface area contributed by atoms with Gasteiger partial charge in [-0.2, -0.15) is 4.98 Å². The van der Waals surface area contributed by atoms with Crippen molar-refractivity contribution in [1.82, 2.24) is 23.1 Å². The lowest BCUT2D eigenvalue weighted by atomic mass is 10.0. The number of hydrogen-bond acceptors (Lipinski definition) is 6. The van der Waals surface area contributed by atoms with Gasteiger partial charge >= 0.3 is 5.69 Å². The van der Waals surface area contributed by atoms with Gasteiger partial charge < -0.3 is 5.11 Å². The average Bonchev–Trinajstić information content (AvgIpc) is 3.29. The predicted molar refractivity (Wildman–Crippen MR) is 154 cm³/mol. The Morgan fingerprint density at radius 1 is 0.974 bits per heavy atom. The molecule has 10 heteroatoms. The summed E-state index contributed by atoms with van der Waals surface area (Å²) in [6.07, 6.45) is 3.94. The number of nitrogens with zero attached hydrogens (tertiary/aromatic N) is 5. The summed E-state index contributed by atoms with van der Waals surface area (Å²) in [6.45, 7) is 8.67. The van der Waals surface area contributed by atoms with Crippen LogP contribution < -0.4 is 16.8 Å². The third kappa shape index (κ3) is 4.84. The molecule has 0 amide bonds. The standard InChI is InChI=1S/C28H35N5O4S/c1-5-7-16-30-22-21(25(36)31(28(30)37)17-8-6-2)32-23(34)20(15-14-18(3)4)24(35)33(27(32)29-22)26(38)19-12-10-9-11-13-19/h9-13,18,35H,5-8,14-17H2,1-4H3. The molecule has 0 radical (unpaired) electrons. The number of thiocarbonyl (C=S) groups is 1. The number of hydrogen-bond donors (Lipinski definition) is 1. The normalized spacial score (nSPS) is 11.7. The van der Waals surface area contributed by atoms with Gasteiger partial charge in [0.05, 0.1) is 5.56 Å². The minimum Gasteiger partial charge on any atom is -0.494 e. The summed E-state index contributed by atoms with van der Waals surface area (Å²) >= 11 is 5.79. The third-order valence-electron chi connectivity index (χ3n) is 6.82. The lowest BCUT2D eigenvalue weighted by Gasteiger charge is -2.16. The summed E-state index contributed by atoms with van der Waals surface area (Å²) in [5, 5.41) is 11.4. The predicted octanol–water partition coefficient (Wildman–Crippen LogP) is 4.09. The maximum atomic E-state index is 13.9. The van der Waals surface area contributed by atoms with Gasteiger partial charge in [-0.3, -0.25) is 18.7 Å². The van der Waals surface area contributed by atoms with E-state index in [-0.39, 0.29) is 45.8 Å². The van der Waals surface area contributed by atoms with Crippen molar-refractivity contribution in [2.45, 2.75) is 79.3 Å². The van der Waals surface area contributed by atoms with Crippen molar-refractivity contribution in [2.75, 3.05) is 0 Å². The lowest BCUT2D eigenvalue weighted by molar-refractivity contribution is 0.430. The maximum absolute atomic E-state index is 13.9. The topological polar surface area (TPSA) is 104 Å². The van der Waals surface area contributed by atoms with E-state index >= 15 is 0 Å². The first kappa shape index (κ1) is 27.5. The van der Waals surface area contributed by atoms with Gasteiger partial charge in [-0.05, 0) is 31.6 Å².